The topological polar surface area (TPSA) is 19.4 Å². The maximum absolute atomic E-state index is 14.8. The Balaban J connectivity index is 1.91. The van der Waals surface area contributed by atoms with Crippen LogP contribution in [0, 0.1) is 5.82 Å². The number of fused-ring (bicyclic) bond motifs is 1. The first-order valence-electron chi connectivity index (χ1n) is 8.41. The molecular weight excluding hydrogens is 337 g/mol. The van der Waals surface area contributed by atoms with Gasteiger partial charge < -0.3 is 9.80 Å². The number of likely N-dealkylation sites (N-methyl/N-ethyl adjacent to an activating group) is 1. The van der Waals surface area contributed by atoms with Crippen LogP contribution in [0.25, 0.3) is 21.9 Å². The Hall–Kier alpha value is -2.17. The van der Waals surface area contributed by atoms with Gasteiger partial charge >= 0.3 is 0 Å². The molecule has 0 saturated carbocycles. The highest BCUT2D eigenvalue weighted by Gasteiger charge is 2.20. The van der Waals surface area contributed by atoms with E-state index in [1.54, 1.807) is 12.3 Å². The van der Waals surface area contributed by atoms with Crippen molar-refractivity contribution in [3.05, 3.63) is 59.5 Å². The lowest BCUT2D eigenvalue weighted by molar-refractivity contribution is 0.312. The van der Waals surface area contributed by atoms with Gasteiger partial charge in [0.25, 0.3) is 0 Å². The lowest BCUT2D eigenvalue weighted by Crippen LogP contribution is -2.44. The number of benzene rings is 2. The minimum atomic E-state index is -0.245. The summed E-state index contributed by atoms with van der Waals surface area (Å²) in [6.45, 7) is 3.73. The summed E-state index contributed by atoms with van der Waals surface area (Å²) in [6, 6.07) is 12.7. The molecule has 128 valence electrons. The molecule has 1 fully saturated rings. The maximum atomic E-state index is 14.8. The Labute approximate surface area is 151 Å². The van der Waals surface area contributed by atoms with Gasteiger partial charge in [-0.05, 0) is 19.2 Å². The Morgan fingerprint density at radius 2 is 1.72 bits per heavy atom. The van der Waals surface area contributed by atoms with Crippen molar-refractivity contribution in [2.24, 2.45) is 0 Å². The normalized spacial score (nSPS) is 15.7. The highest BCUT2D eigenvalue weighted by molar-refractivity contribution is 6.33. The van der Waals surface area contributed by atoms with Crippen LogP contribution < -0.4 is 4.90 Å². The summed E-state index contributed by atoms with van der Waals surface area (Å²) in [5.74, 6) is 0.601. The molecule has 5 heteroatoms. The Morgan fingerprint density at radius 1 is 0.960 bits per heavy atom. The van der Waals surface area contributed by atoms with Crippen molar-refractivity contribution in [2.45, 2.75) is 0 Å². The molecule has 0 aliphatic carbocycles. The summed E-state index contributed by atoms with van der Waals surface area (Å²) in [5.41, 5.74) is 1.54. The number of rotatable bonds is 2. The number of pyridine rings is 1. The first-order valence-corrected chi connectivity index (χ1v) is 8.78. The van der Waals surface area contributed by atoms with Gasteiger partial charge in [0.2, 0.25) is 0 Å². The van der Waals surface area contributed by atoms with Crippen molar-refractivity contribution in [2.75, 3.05) is 38.1 Å². The van der Waals surface area contributed by atoms with E-state index in [-0.39, 0.29) is 5.82 Å². The molecule has 1 saturated heterocycles. The van der Waals surface area contributed by atoms with Gasteiger partial charge in [-0.3, -0.25) is 0 Å². The fourth-order valence-corrected chi connectivity index (χ4v) is 3.64. The molecule has 0 N–H and O–H groups in total. The molecular formula is C20H19ClFN3. The van der Waals surface area contributed by atoms with Crippen LogP contribution in [0.5, 0.6) is 0 Å². The zero-order valence-corrected chi connectivity index (χ0v) is 14.8. The lowest BCUT2D eigenvalue weighted by atomic mass is 9.99. The highest BCUT2D eigenvalue weighted by Crippen LogP contribution is 2.37. The number of halogens is 2. The summed E-state index contributed by atoms with van der Waals surface area (Å²) in [4.78, 5) is 9.22. The molecule has 0 amide bonds. The molecule has 1 aliphatic heterocycles. The predicted octanol–water partition coefficient (Wildman–Crippen LogP) is 4.45. The third-order valence-corrected chi connectivity index (χ3v) is 5.14. The average molecular weight is 356 g/mol. The van der Waals surface area contributed by atoms with Crippen LogP contribution in [-0.4, -0.2) is 43.1 Å². The van der Waals surface area contributed by atoms with Crippen molar-refractivity contribution < 1.29 is 4.39 Å². The quantitative estimate of drug-likeness (QED) is 0.677. The molecule has 0 spiro atoms. The van der Waals surface area contributed by atoms with E-state index in [0.29, 0.717) is 10.4 Å². The van der Waals surface area contributed by atoms with E-state index in [2.05, 4.69) is 16.8 Å². The number of hydrogen-bond acceptors (Lipinski definition) is 3. The van der Waals surface area contributed by atoms with Crippen LogP contribution in [0.2, 0.25) is 5.02 Å². The van der Waals surface area contributed by atoms with Crippen LogP contribution in [0.1, 0.15) is 0 Å². The number of aromatic nitrogens is 1. The molecule has 4 rings (SSSR count). The van der Waals surface area contributed by atoms with Gasteiger partial charge in [-0.2, -0.15) is 0 Å². The maximum Gasteiger partial charge on any atom is 0.136 e. The average Bonchev–Trinajstić information content (AvgIpc) is 2.63. The van der Waals surface area contributed by atoms with Gasteiger partial charge in [0.05, 0.1) is 0 Å². The summed E-state index contributed by atoms with van der Waals surface area (Å²) >= 11 is 6.35. The van der Waals surface area contributed by atoms with Gasteiger partial charge in [-0.25, -0.2) is 9.37 Å². The smallest absolute Gasteiger partial charge is 0.136 e. The Morgan fingerprint density at radius 3 is 2.48 bits per heavy atom. The summed E-state index contributed by atoms with van der Waals surface area (Å²) < 4.78 is 14.8. The van der Waals surface area contributed by atoms with Gasteiger partial charge in [-0.1, -0.05) is 41.9 Å². The van der Waals surface area contributed by atoms with E-state index in [0.717, 1.165) is 48.5 Å². The summed E-state index contributed by atoms with van der Waals surface area (Å²) in [6.07, 6.45) is 1.75. The lowest BCUT2D eigenvalue weighted by Gasteiger charge is -2.34. The SMILES string of the molecule is CN1CCN(c2ncc(-c3ccccc3Cl)c3c(F)cccc23)CC1. The second kappa shape index (κ2) is 6.62. The zero-order valence-electron chi connectivity index (χ0n) is 14.0. The molecule has 0 bridgehead atoms. The monoisotopic (exact) mass is 355 g/mol. The molecule has 25 heavy (non-hydrogen) atoms. The van der Waals surface area contributed by atoms with E-state index in [1.807, 2.05) is 30.3 Å². The van der Waals surface area contributed by atoms with Crippen LogP contribution in [-0.2, 0) is 0 Å². The minimum Gasteiger partial charge on any atom is -0.354 e. The van der Waals surface area contributed by atoms with E-state index < -0.39 is 0 Å². The van der Waals surface area contributed by atoms with Gasteiger partial charge in [0.1, 0.15) is 11.6 Å². The van der Waals surface area contributed by atoms with Crippen molar-refractivity contribution in [1.82, 2.24) is 9.88 Å². The minimum absolute atomic E-state index is 0.245. The standard InChI is InChI=1S/C20H19ClFN3/c1-24-9-11-25(12-10-24)20-15-6-4-8-18(22)19(15)16(13-23-20)14-5-2-3-7-17(14)21/h2-8,13H,9-12H2,1H3. The second-order valence-electron chi connectivity index (χ2n) is 6.43. The Bertz CT molecular complexity index is 920. The van der Waals surface area contributed by atoms with Gasteiger partial charge in [0, 0.05) is 59.3 Å². The van der Waals surface area contributed by atoms with Crippen LogP contribution in [0.15, 0.2) is 48.7 Å². The summed E-state index contributed by atoms with van der Waals surface area (Å²) in [7, 11) is 2.11. The molecule has 1 aromatic heterocycles. The third kappa shape index (κ3) is 2.96. The molecule has 1 aliphatic rings. The van der Waals surface area contributed by atoms with Crippen LogP contribution >= 0.6 is 11.6 Å². The van der Waals surface area contributed by atoms with Gasteiger partial charge in [-0.15, -0.1) is 0 Å². The number of anilines is 1. The van der Waals surface area contributed by atoms with Crippen molar-refractivity contribution in [1.29, 1.82) is 0 Å². The first-order chi connectivity index (χ1) is 12.1. The van der Waals surface area contributed by atoms with E-state index in [1.165, 1.54) is 6.07 Å². The fourth-order valence-electron chi connectivity index (χ4n) is 3.40. The summed E-state index contributed by atoms with van der Waals surface area (Å²) in [5, 5.41) is 2.02. The van der Waals surface area contributed by atoms with Crippen molar-refractivity contribution in [3.8, 4) is 11.1 Å². The molecule has 3 nitrogen and oxygen atoms in total. The molecule has 3 aromatic rings. The van der Waals surface area contributed by atoms with E-state index >= 15 is 0 Å². The molecule has 2 heterocycles. The second-order valence-corrected chi connectivity index (χ2v) is 6.84. The highest BCUT2D eigenvalue weighted by atomic mass is 35.5. The molecule has 0 unspecified atom stereocenters. The van der Waals surface area contributed by atoms with E-state index in [4.69, 9.17) is 16.6 Å². The zero-order chi connectivity index (χ0) is 17.4. The fraction of sp³-hybridized carbons (Fsp3) is 0.250. The van der Waals surface area contributed by atoms with Crippen molar-refractivity contribution >= 4 is 28.2 Å². The molecule has 0 radical (unpaired) electrons. The molecule has 0 atom stereocenters. The number of hydrogen-bond donors (Lipinski definition) is 0. The van der Waals surface area contributed by atoms with Crippen LogP contribution in [0.3, 0.4) is 0 Å². The first kappa shape index (κ1) is 16.3. The predicted molar refractivity (Wildman–Crippen MR) is 102 cm³/mol. The van der Waals surface area contributed by atoms with Gasteiger partial charge in [0.15, 0.2) is 0 Å². The number of nitrogens with zero attached hydrogens (tertiary/aromatic N) is 3. The number of piperazine rings is 1. The Kier molecular flexibility index (Phi) is 4.32. The third-order valence-electron chi connectivity index (χ3n) is 4.81. The van der Waals surface area contributed by atoms with E-state index in [9.17, 15) is 4.39 Å². The van der Waals surface area contributed by atoms with Crippen molar-refractivity contribution in [3.63, 3.8) is 0 Å². The largest absolute Gasteiger partial charge is 0.354 e. The van der Waals surface area contributed by atoms with Crippen LogP contribution in [0.4, 0.5) is 10.2 Å². The molecule has 2 aromatic carbocycles.